The molecule has 0 bridgehead atoms. The summed E-state index contributed by atoms with van der Waals surface area (Å²) in [6.45, 7) is 0. The molecule has 0 saturated heterocycles. The number of carbonyl (C=O) groups excluding carboxylic acids is 1. The molecule has 1 amide bonds. The lowest BCUT2D eigenvalue weighted by atomic mass is 10.3. The molecule has 8 heteroatoms. The van der Waals surface area contributed by atoms with Gasteiger partial charge in [0.2, 0.25) is 0 Å². The zero-order chi connectivity index (χ0) is 14.7. The molecule has 2 rings (SSSR count). The summed E-state index contributed by atoms with van der Waals surface area (Å²) < 4.78 is 26.7. The lowest BCUT2D eigenvalue weighted by Gasteiger charge is -2.11. The maximum absolute atomic E-state index is 13.6. The Morgan fingerprint density at radius 1 is 1.35 bits per heavy atom. The number of hydrogen-bond acceptors (Lipinski definition) is 3. The third-order valence-electron chi connectivity index (χ3n) is 2.22. The molecule has 0 saturated carbocycles. The van der Waals surface area contributed by atoms with Gasteiger partial charge in [0.15, 0.2) is 10.9 Å². The summed E-state index contributed by atoms with van der Waals surface area (Å²) in [5.41, 5.74) is -0.0390. The number of rotatable bonds is 2. The number of halogens is 3. The van der Waals surface area contributed by atoms with Gasteiger partial charge in [-0.05, 0) is 45.7 Å². The van der Waals surface area contributed by atoms with E-state index in [0.29, 0.717) is 4.88 Å². The first kappa shape index (κ1) is 15.0. The fourth-order valence-corrected chi connectivity index (χ4v) is 2.70. The van der Waals surface area contributed by atoms with Crippen LogP contribution in [-0.4, -0.2) is 11.0 Å². The molecular formula is C12H7BrF2N2OS2. The number of thiophene rings is 1. The number of nitrogens with one attached hydrogen (secondary N) is 2. The molecular weight excluding hydrogens is 370 g/mol. The molecule has 0 fully saturated rings. The van der Waals surface area contributed by atoms with Crippen molar-refractivity contribution >= 4 is 56.2 Å². The Labute approximate surface area is 131 Å². The molecule has 0 spiro atoms. The highest BCUT2D eigenvalue weighted by Crippen LogP contribution is 2.26. The van der Waals surface area contributed by atoms with Crippen molar-refractivity contribution < 1.29 is 13.6 Å². The lowest BCUT2D eigenvalue weighted by Crippen LogP contribution is -2.34. The van der Waals surface area contributed by atoms with E-state index in [-0.39, 0.29) is 15.3 Å². The second kappa shape index (κ2) is 6.38. The Hall–Kier alpha value is -1.38. The first-order chi connectivity index (χ1) is 9.47. The second-order valence-electron chi connectivity index (χ2n) is 3.63. The molecule has 0 radical (unpaired) electrons. The van der Waals surface area contributed by atoms with Crippen molar-refractivity contribution in [3.63, 3.8) is 0 Å². The van der Waals surface area contributed by atoms with Crippen molar-refractivity contribution in [1.82, 2.24) is 5.32 Å². The van der Waals surface area contributed by atoms with Crippen LogP contribution in [0.1, 0.15) is 9.67 Å². The molecule has 0 atom stereocenters. The van der Waals surface area contributed by atoms with Gasteiger partial charge in [0.1, 0.15) is 5.82 Å². The van der Waals surface area contributed by atoms with Gasteiger partial charge in [-0.15, -0.1) is 11.3 Å². The Balaban J connectivity index is 2.07. The number of thiocarbonyl (C=S) groups is 1. The Kier molecular flexibility index (Phi) is 4.79. The van der Waals surface area contributed by atoms with Crippen molar-refractivity contribution in [3.8, 4) is 0 Å². The average Bonchev–Trinajstić information content (AvgIpc) is 2.87. The van der Waals surface area contributed by atoms with E-state index in [2.05, 4.69) is 26.6 Å². The van der Waals surface area contributed by atoms with Crippen LogP contribution in [0, 0.1) is 11.6 Å². The number of amides is 1. The standard InChI is InChI=1S/C12H7BrF2N2OS2/c13-7-4-6(14)5-8(15)10(7)16-12(19)17-11(18)9-2-1-3-20-9/h1-5H,(H2,16,17,18,19). The molecule has 20 heavy (non-hydrogen) atoms. The van der Waals surface area contributed by atoms with Crippen LogP contribution < -0.4 is 10.6 Å². The van der Waals surface area contributed by atoms with Crippen LogP contribution in [0.3, 0.4) is 0 Å². The number of anilines is 1. The molecule has 2 N–H and O–H groups in total. The maximum atomic E-state index is 13.6. The van der Waals surface area contributed by atoms with Gasteiger partial charge in [-0.1, -0.05) is 6.07 Å². The lowest BCUT2D eigenvalue weighted by molar-refractivity contribution is 0.0981. The van der Waals surface area contributed by atoms with Crippen LogP contribution in [-0.2, 0) is 0 Å². The summed E-state index contributed by atoms with van der Waals surface area (Å²) in [5.74, 6) is -1.92. The zero-order valence-corrected chi connectivity index (χ0v) is 13.0. The molecule has 0 aliphatic rings. The van der Waals surface area contributed by atoms with Gasteiger partial charge < -0.3 is 5.32 Å². The fourth-order valence-electron chi connectivity index (χ4n) is 1.38. The van der Waals surface area contributed by atoms with Gasteiger partial charge in [-0.3, -0.25) is 10.1 Å². The molecule has 1 aromatic carbocycles. The predicted octanol–water partition coefficient (Wildman–Crippen LogP) is 3.92. The quantitative estimate of drug-likeness (QED) is 0.780. The van der Waals surface area contributed by atoms with Gasteiger partial charge in [-0.25, -0.2) is 8.78 Å². The minimum absolute atomic E-state index is 0.0390. The van der Waals surface area contributed by atoms with E-state index >= 15 is 0 Å². The van der Waals surface area contributed by atoms with Crippen molar-refractivity contribution in [3.05, 3.63) is 50.6 Å². The minimum atomic E-state index is -0.815. The SMILES string of the molecule is O=C(NC(=S)Nc1c(F)cc(F)cc1Br)c1cccs1. The van der Waals surface area contributed by atoms with Gasteiger partial charge in [0.25, 0.3) is 5.91 Å². The molecule has 2 aromatic rings. The monoisotopic (exact) mass is 376 g/mol. The molecule has 0 aliphatic heterocycles. The summed E-state index contributed by atoms with van der Waals surface area (Å²) in [6.07, 6.45) is 0. The zero-order valence-electron chi connectivity index (χ0n) is 9.75. The molecule has 1 aromatic heterocycles. The summed E-state index contributed by atoms with van der Waals surface area (Å²) in [6, 6.07) is 5.18. The molecule has 0 aliphatic carbocycles. The Bertz CT molecular complexity index is 638. The summed E-state index contributed by atoms with van der Waals surface area (Å²) in [5, 5.41) is 6.60. The highest BCUT2D eigenvalue weighted by Gasteiger charge is 2.13. The van der Waals surface area contributed by atoms with E-state index < -0.39 is 17.5 Å². The van der Waals surface area contributed by atoms with Crippen LogP contribution in [0.2, 0.25) is 0 Å². The van der Waals surface area contributed by atoms with E-state index in [4.69, 9.17) is 12.2 Å². The third kappa shape index (κ3) is 3.59. The van der Waals surface area contributed by atoms with Crippen molar-refractivity contribution in [2.75, 3.05) is 5.32 Å². The van der Waals surface area contributed by atoms with Gasteiger partial charge in [-0.2, -0.15) is 0 Å². The normalized spacial score (nSPS) is 10.2. The highest BCUT2D eigenvalue weighted by molar-refractivity contribution is 9.10. The van der Waals surface area contributed by atoms with Crippen molar-refractivity contribution in [2.24, 2.45) is 0 Å². The van der Waals surface area contributed by atoms with E-state index in [1.807, 2.05) is 0 Å². The number of benzene rings is 1. The van der Waals surface area contributed by atoms with Crippen LogP contribution in [0.25, 0.3) is 0 Å². The minimum Gasteiger partial charge on any atom is -0.329 e. The van der Waals surface area contributed by atoms with Crippen LogP contribution >= 0.6 is 39.5 Å². The van der Waals surface area contributed by atoms with Gasteiger partial charge in [0.05, 0.1) is 10.6 Å². The van der Waals surface area contributed by atoms with Crippen molar-refractivity contribution in [1.29, 1.82) is 0 Å². The highest BCUT2D eigenvalue weighted by atomic mass is 79.9. The first-order valence-electron chi connectivity index (χ1n) is 5.28. The number of carbonyl (C=O) groups is 1. The van der Waals surface area contributed by atoms with E-state index in [9.17, 15) is 13.6 Å². The fraction of sp³-hybridized carbons (Fsp3) is 0. The van der Waals surface area contributed by atoms with E-state index in [1.54, 1.807) is 17.5 Å². The summed E-state index contributed by atoms with van der Waals surface area (Å²) >= 11 is 9.19. The summed E-state index contributed by atoms with van der Waals surface area (Å²) in [7, 11) is 0. The molecule has 104 valence electrons. The number of hydrogen-bond donors (Lipinski definition) is 2. The maximum Gasteiger partial charge on any atom is 0.267 e. The molecule has 3 nitrogen and oxygen atoms in total. The third-order valence-corrected chi connectivity index (χ3v) is 3.92. The topological polar surface area (TPSA) is 41.1 Å². The van der Waals surface area contributed by atoms with Crippen molar-refractivity contribution in [2.45, 2.75) is 0 Å². The Morgan fingerprint density at radius 3 is 2.70 bits per heavy atom. The second-order valence-corrected chi connectivity index (χ2v) is 5.84. The van der Waals surface area contributed by atoms with Crippen LogP contribution in [0.4, 0.5) is 14.5 Å². The smallest absolute Gasteiger partial charge is 0.267 e. The van der Waals surface area contributed by atoms with Crippen LogP contribution in [0.5, 0.6) is 0 Å². The van der Waals surface area contributed by atoms with Gasteiger partial charge >= 0.3 is 0 Å². The predicted molar refractivity (Wildman–Crippen MR) is 82.1 cm³/mol. The van der Waals surface area contributed by atoms with Gasteiger partial charge in [0, 0.05) is 10.5 Å². The average molecular weight is 377 g/mol. The van der Waals surface area contributed by atoms with E-state index in [1.165, 1.54) is 11.3 Å². The first-order valence-corrected chi connectivity index (χ1v) is 7.36. The Morgan fingerprint density at radius 2 is 2.10 bits per heavy atom. The molecule has 0 unspecified atom stereocenters. The summed E-state index contributed by atoms with van der Waals surface area (Å²) in [4.78, 5) is 12.2. The van der Waals surface area contributed by atoms with E-state index in [0.717, 1.165) is 12.1 Å². The largest absolute Gasteiger partial charge is 0.329 e. The van der Waals surface area contributed by atoms with Crippen LogP contribution in [0.15, 0.2) is 34.1 Å². The molecule has 1 heterocycles.